The van der Waals surface area contributed by atoms with E-state index in [2.05, 4.69) is 38.3 Å². The van der Waals surface area contributed by atoms with E-state index in [1.165, 1.54) is 61.5 Å². The van der Waals surface area contributed by atoms with Crippen LogP contribution >= 0.6 is 11.3 Å². The monoisotopic (exact) mass is 469 g/mol. The predicted octanol–water partition coefficient (Wildman–Crippen LogP) is 8.41. The van der Waals surface area contributed by atoms with Gasteiger partial charge in [0.05, 0.1) is 6.10 Å². The van der Waals surface area contributed by atoms with E-state index < -0.39 is 13.9 Å². The lowest BCUT2D eigenvalue weighted by molar-refractivity contribution is 0.0277. The first-order valence-electron chi connectivity index (χ1n) is 12.3. The van der Waals surface area contributed by atoms with Gasteiger partial charge >= 0.3 is 6.09 Å². The lowest BCUT2D eigenvalue weighted by atomic mass is 10.2. The molecule has 180 valence electrons. The van der Waals surface area contributed by atoms with Crippen molar-refractivity contribution in [1.82, 2.24) is 4.90 Å². The van der Waals surface area contributed by atoms with E-state index in [4.69, 9.17) is 9.16 Å². The molecule has 0 aliphatic rings. The summed E-state index contributed by atoms with van der Waals surface area (Å²) in [4.78, 5) is 15.4. The van der Waals surface area contributed by atoms with Crippen molar-refractivity contribution in [3.05, 3.63) is 22.4 Å². The Bertz CT molecular complexity index is 579. The largest absolute Gasteiger partial charge is 0.444 e. The molecule has 0 unspecified atom stereocenters. The number of carbonyl (C=O) groups excluding carboxylic acids is 1. The van der Waals surface area contributed by atoms with Crippen LogP contribution in [0.5, 0.6) is 0 Å². The van der Waals surface area contributed by atoms with Crippen LogP contribution in [0.4, 0.5) is 4.79 Å². The molecular weight excluding hydrogens is 422 g/mol. The second-order valence-electron chi connectivity index (χ2n) is 9.81. The fourth-order valence-electron chi connectivity index (χ4n) is 3.83. The van der Waals surface area contributed by atoms with Gasteiger partial charge in [-0.2, -0.15) is 0 Å². The Labute approximate surface area is 196 Å². The van der Waals surface area contributed by atoms with Gasteiger partial charge in [-0.25, -0.2) is 4.79 Å². The highest BCUT2D eigenvalue weighted by Crippen LogP contribution is 2.37. The summed E-state index contributed by atoms with van der Waals surface area (Å²) in [5.74, 6) is 0. The van der Waals surface area contributed by atoms with Crippen LogP contribution in [-0.2, 0) is 9.16 Å². The average molecular weight is 470 g/mol. The molecule has 6 heteroatoms. The molecule has 0 saturated carbocycles. The topological polar surface area (TPSA) is 38.8 Å². The Kier molecular flexibility index (Phi) is 13.0. The third kappa shape index (κ3) is 11.0. The second-order valence-corrected chi connectivity index (χ2v) is 14.9. The van der Waals surface area contributed by atoms with Crippen LogP contribution in [0, 0.1) is 0 Å². The third-order valence-corrected chi connectivity index (χ3v) is 11.2. The summed E-state index contributed by atoms with van der Waals surface area (Å²) in [7, 11) is -0.0143. The highest BCUT2D eigenvalue weighted by molar-refractivity contribution is 7.10. The van der Waals surface area contributed by atoms with Gasteiger partial charge in [0.2, 0.25) is 0 Å². The van der Waals surface area contributed by atoms with Gasteiger partial charge < -0.3 is 14.1 Å². The Morgan fingerprint density at radius 2 is 1.61 bits per heavy atom. The first-order valence-corrected chi connectivity index (χ1v) is 15.7. The highest BCUT2D eigenvalue weighted by atomic mass is 32.1. The number of hydrogen-bond donors (Lipinski definition) is 0. The number of thiophene rings is 1. The summed E-state index contributed by atoms with van der Waals surface area (Å²) < 4.78 is 12.7. The lowest BCUT2D eigenvalue weighted by Gasteiger charge is -2.36. The van der Waals surface area contributed by atoms with Crippen molar-refractivity contribution in [1.29, 1.82) is 0 Å². The fraction of sp³-hybridized carbons (Fsp3) is 0.800. The molecule has 0 radical (unpaired) electrons. The molecule has 0 aromatic carbocycles. The predicted molar refractivity (Wildman–Crippen MR) is 137 cm³/mol. The van der Waals surface area contributed by atoms with Crippen molar-refractivity contribution in [2.24, 2.45) is 0 Å². The average Bonchev–Trinajstić information content (AvgIpc) is 3.25. The quantitative estimate of drug-likeness (QED) is 0.242. The van der Waals surface area contributed by atoms with Gasteiger partial charge in [-0.15, -0.1) is 11.3 Å². The third-order valence-electron chi connectivity index (χ3n) is 5.64. The van der Waals surface area contributed by atoms with Gasteiger partial charge in [-0.3, -0.25) is 0 Å². The summed E-state index contributed by atoms with van der Waals surface area (Å²) in [6.07, 6.45) is 8.07. The molecule has 4 nitrogen and oxygen atoms in total. The number of unbranched alkanes of at least 4 members (excludes halogenated alkanes) is 3. The number of amides is 1. The minimum absolute atomic E-state index is 0.0714. The Balaban J connectivity index is 2.99. The van der Waals surface area contributed by atoms with Crippen LogP contribution in [0.1, 0.15) is 97.5 Å². The van der Waals surface area contributed by atoms with Crippen molar-refractivity contribution in [3.8, 4) is 0 Å². The lowest BCUT2D eigenvalue weighted by Crippen LogP contribution is -2.40. The molecule has 0 aliphatic heterocycles. The van der Waals surface area contributed by atoms with E-state index >= 15 is 0 Å². The van der Waals surface area contributed by atoms with Crippen LogP contribution in [0.15, 0.2) is 17.5 Å². The molecule has 1 aromatic rings. The highest BCUT2D eigenvalue weighted by Gasteiger charge is 2.36. The SMILES string of the molecule is CCCC[Si](CCCC)(CCCC)O[C@@H](CCN(C)C(=O)OC(C)(C)C)c1cccs1. The number of rotatable bonds is 15. The first-order chi connectivity index (χ1) is 14.7. The van der Waals surface area contributed by atoms with Gasteiger partial charge in [0, 0.05) is 18.5 Å². The van der Waals surface area contributed by atoms with E-state index in [1.807, 2.05) is 27.8 Å². The van der Waals surface area contributed by atoms with Gasteiger partial charge in [0.25, 0.3) is 0 Å². The normalized spacial score (nSPS) is 13.3. The van der Waals surface area contributed by atoms with Crippen LogP contribution in [0.3, 0.4) is 0 Å². The Hall–Kier alpha value is -0.853. The number of nitrogens with zero attached hydrogens (tertiary/aromatic N) is 1. The first kappa shape index (κ1) is 28.2. The van der Waals surface area contributed by atoms with Crippen molar-refractivity contribution < 1.29 is 14.0 Å². The number of hydrogen-bond acceptors (Lipinski definition) is 4. The van der Waals surface area contributed by atoms with E-state index in [-0.39, 0.29) is 12.2 Å². The molecule has 0 saturated heterocycles. The zero-order valence-electron chi connectivity index (χ0n) is 21.2. The van der Waals surface area contributed by atoms with Crippen molar-refractivity contribution in [3.63, 3.8) is 0 Å². The number of carbonyl (C=O) groups is 1. The maximum absolute atomic E-state index is 12.4. The molecular formula is C25H47NO3SSi. The molecule has 31 heavy (non-hydrogen) atoms. The Morgan fingerprint density at radius 1 is 1.06 bits per heavy atom. The second kappa shape index (κ2) is 14.3. The maximum Gasteiger partial charge on any atom is 0.410 e. The van der Waals surface area contributed by atoms with E-state index in [0.29, 0.717) is 6.54 Å². The molecule has 0 fully saturated rings. The van der Waals surface area contributed by atoms with Crippen LogP contribution in [-0.4, -0.2) is 38.5 Å². The van der Waals surface area contributed by atoms with E-state index in [1.54, 1.807) is 16.2 Å². The summed E-state index contributed by atoms with van der Waals surface area (Å²) in [6, 6.07) is 8.08. The molecule has 1 aromatic heterocycles. The molecule has 1 rings (SSSR count). The molecule has 0 N–H and O–H groups in total. The molecule has 1 heterocycles. The summed E-state index contributed by atoms with van der Waals surface area (Å²) in [6.45, 7) is 13.2. The smallest absolute Gasteiger partial charge is 0.410 e. The van der Waals surface area contributed by atoms with Crippen molar-refractivity contribution >= 4 is 25.7 Å². The van der Waals surface area contributed by atoms with E-state index in [0.717, 1.165) is 6.42 Å². The molecule has 1 amide bonds. The minimum Gasteiger partial charge on any atom is -0.444 e. The van der Waals surface area contributed by atoms with Gasteiger partial charge in [0.1, 0.15) is 5.60 Å². The van der Waals surface area contributed by atoms with Crippen molar-refractivity contribution in [2.45, 2.75) is 116 Å². The summed E-state index contributed by atoms with van der Waals surface area (Å²) in [5, 5.41) is 2.14. The summed E-state index contributed by atoms with van der Waals surface area (Å²) >= 11 is 1.78. The van der Waals surface area contributed by atoms with Gasteiger partial charge in [0.15, 0.2) is 8.32 Å². The fourth-order valence-corrected chi connectivity index (χ4v) is 9.65. The number of ether oxygens (including phenoxy) is 1. The molecule has 1 atom stereocenters. The van der Waals surface area contributed by atoms with E-state index in [9.17, 15) is 4.79 Å². The van der Waals surface area contributed by atoms with Crippen LogP contribution in [0.25, 0.3) is 0 Å². The van der Waals surface area contributed by atoms with Gasteiger partial charge in [-0.05, 0) is 56.8 Å². The van der Waals surface area contributed by atoms with Gasteiger partial charge in [-0.1, -0.05) is 65.4 Å². The van der Waals surface area contributed by atoms with Crippen molar-refractivity contribution in [2.75, 3.05) is 13.6 Å². The zero-order valence-corrected chi connectivity index (χ0v) is 23.0. The maximum atomic E-state index is 12.4. The molecule has 0 bridgehead atoms. The van der Waals surface area contributed by atoms with Crippen LogP contribution in [0.2, 0.25) is 18.1 Å². The minimum atomic E-state index is -1.84. The summed E-state index contributed by atoms with van der Waals surface area (Å²) in [5.41, 5.74) is -0.475. The molecule has 0 spiro atoms. The van der Waals surface area contributed by atoms with Crippen LogP contribution < -0.4 is 0 Å². The zero-order chi connectivity index (χ0) is 23.3. The standard InChI is InChI=1S/C25H47NO3SSi/c1-8-11-19-31(20-12-9-2,21-13-10-3)29-22(23-15-14-18-30-23)16-17-26(7)24(27)28-25(4,5)6/h14-15,18,22H,8-13,16-17,19-21H2,1-7H3/t22-/m0/s1. The molecule has 0 aliphatic carbocycles. The Morgan fingerprint density at radius 3 is 2.03 bits per heavy atom.